The fourth-order valence-corrected chi connectivity index (χ4v) is 1.88. The minimum absolute atomic E-state index is 0.0650. The van der Waals surface area contributed by atoms with Gasteiger partial charge in [-0.05, 0) is 35.7 Å². The SMILES string of the molecule is CCc1ccc(CNc2cc(C(=O)O)ccc2F)cc1. The van der Waals surface area contributed by atoms with Crippen LogP contribution in [0.5, 0.6) is 0 Å². The number of benzene rings is 2. The number of carboxylic acid groups (broad SMARTS) is 1. The zero-order valence-electron chi connectivity index (χ0n) is 11.2. The van der Waals surface area contributed by atoms with Crippen molar-refractivity contribution in [2.75, 3.05) is 5.32 Å². The first kappa shape index (κ1) is 14.1. The summed E-state index contributed by atoms with van der Waals surface area (Å²) in [6.45, 7) is 2.53. The molecule has 0 bridgehead atoms. The highest BCUT2D eigenvalue weighted by Crippen LogP contribution is 2.17. The summed E-state index contributed by atoms with van der Waals surface area (Å²) >= 11 is 0. The second-order valence-corrected chi connectivity index (χ2v) is 4.52. The molecule has 20 heavy (non-hydrogen) atoms. The van der Waals surface area contributed by atoms with Gasteiger partial charge >= 0.3 is 5.97 Å². The van der Waals surface area contributed by atoms with Crippen LogP contribution in [-0.2, 0) is 13.0 Å². The molecule has 0 aromatic heterocycles. The van der Waals surface area contributed by atoms with Crippen LogP contribution in [0.1, 0.15) is 28.4 Å². The minimum Gasteiger partial charge on any atom is -0.478 e. The second kappa shape index (κ2) is 6.19. The van der Waals surface area contributed by atoms with Crippen LogP contribution in [0.15, 0.2) is 42.5 Å². The topological polar surface area (TPSA) is 49.3 Å². The number of aromatic carboxylic acids is 1. The number of anilines is 1. The lowest BCUT2D eigenvalue weighted by Crippen LogP contribution is -2.04. The Morgan fingerprint density at radius 1 is 1.15 bits per heavy atom. The summed E-state index contributed by atoms with van der Waals surface area (Å²) < 4.78 is 13.6. The van der Waals surface area contributed by atoms with E-state index >= 15 is 0 Å². The number of nitrogens with one attached hydrogen (secondary N) is 1. The summed E-state index contributed by atoms with van der Waals surface area (Å²) in [6, 6.07) is 11.7. The molecule has 0 spiro atoms. The Balaban J connectivity index is 2.09. The number of hydrogen-bond acceptors (Lipinski definition) is 2. The van der Waals surface area contributed by atoms with Gasteiger partial charge in [-0.3, -0.25) is 0 Å². The minimum atomic E-state index is -1.07. The van der Waals surface area contributed by atoms with E-state index in [1.54, 1.807) is 0 Å². The van der Waals surface area contributed by atoms with E-state index in [-0.39, 0.29) is 11.3 Å². The molecule has 0 aliphatic heterocycles. The van der Waals surface area contributed by atoms with Crippen molar-refractivity contribution in [2.45, 2.75) is 19.9 Å². The molecule has 0 saturated heterocycles. The van der Waals surface area contributed by atoms with Crippen molar-refractivity contribution >= 4 is 11.7 Å². The van der Waals surface area contributed by atoms with Gasteiger partial charge in [0.1, 0.15) is 5.82 Å². The molecule has 2 N–H and O–H groups in total. The van der Waals surface area contributed by atoms with E-state index < -0.39 is 11.8 Å². The smallest absolute Gasteiger partial charge is 0.335 e. The third-order valence-corrected chi connectivity index (χ3v) is 3.13. The summed E-state index contributed by atoms with van der Waals surface area (Å²) in [5.74, 6) is -1.53. The molecule has 2 aromatic rings. The maximum absolute atomic E-state index is 13.6. The molecular formula is C16H16FNO2. The van der Waals surface area contributed by atoms with Crippen molar-refractivity contribution in [1.82, 2.24) is 0 Å². The van der Waals surface area contributed by atoms with Gasteiger partial charge in [0.15, 0.2) is 0 Å². The highest BCUT2D eigenvalue weighted by Gasteiger charge is 2.08. The van der Waals surface area contributed by atoms with E-state index in [4.69, 9.17) is 5.11 Å². The fourth-order valence-electron chi connectivity index (χ4n) is 1.88. The molecule has 0 amide bonds. The number of halogens is 1. The molecule has 0 fully saturated rings. The Bertz CT molecular complexity index is 608. The van der Waals surface area contributed by atoms with E-state index in [1.807, 2.05) is 24.3 Å². The first-order valence-corrected chi connectivity index (χ1v) is 6.44. The molecule has 0 unspecified atom stereocenters. The van der Waals surface area contributed by atoms with Gasteiger partial charge in [-0.15, -0.1) is 0 Å². The van der Waals surface area contributed by atoms with Crippen LogP contribution in [0.4, 0.5) is 10.1 Å². The summed E-state index contributed by atoms with van der Waals surface area (Å²) in [5, 5.41) is 11.8. The van der Waals surface area contributed by atoms with E-state index in [0.717, 1.165) is 18.1 Å². The molecule has 3 nitrogen and oxygen atoms in total. The second-order valence-electron chi connectivity index (χ2n) is 4.52. The van der Waals surface area contributed by atoms with Crippen molar-refractivity contribution in [1.29, 1.82) is 0 Å². The molecule has 0 radical (unpaired) electrons. The molecule has 0 aliphatic carbocycles. The van der Waals surface area contributed by atoms with Crippen LogP contribution < -0.4 is 5.32 Å². The van der Waals surface area contributed by atoms with E-state index in [2.05, 4.69) is 12.2 Å². The van der Waals surface area contributed by atoms with Gasteiger partial charge in [0, 0.05) is 6.54 Å². The maximum atomic E-state index is 13.6. The molecule has 104 valence electrons. The zero-order valence-corrected chi connectivity index (χ0v) is 11.2. The first-order valence-electron chi connectivity index (χ1n) is 6.44. The highest BCUT2D eigenvalue weighted by molar-refractivity contribution is 5.88. The third-order valence-electron chi connectivity index (χ3n) is 3.13. The van der Waals surface area contributed by atoms with Gasteiger partial charge < -0.3 is 10.4 Å². The van der Waals surface area contributed by atoms with Gasteiger partial charge in [-0.25, -0.2) is 9.18 Å². The number of carboxylic acids is 1. The highest BCUT2D eigenvalue weighted by atomic mass is 19.1. The number of hydrogen-bond donors (Lipinski definition) is 2. The predicted octanol–water partition coefficient (Wildman–Crippen LogP) is 3.70. The van der Waals surface area contributed by atoms with E-state index in [0.29, 0.717) is 6.54 Å². The van der Waals surface area contributed by atoms with Crippen LogP contribution in [0.2, 0.25) is 0 Å². The van der Waals surface area contributed by atoms with Crippen LogP contribution >= 0.6 is 0 Å². The van der Waals surface area contributed by atoms with Crippen molar-refractivity contribution in [3.05, 3.63) is 65.0 Å². The Morgan fingerprint density at radius 2 is 1.80 bits per heavy atom. The van der Waals surface area contributed by atoms with Gasteiger partial charge in [-0.2, -0.15) is 0 Å². The molecule has 0 saturated carbocycles. The molecule has 0 aliphatic rings. The average molecular weight is 273 g/mol. The predicted molar refractivity (Wildman–Crippen MR) is 76.5 cm³/mol. The molecule has 0 heterocycles. The largest absolute Gasteiger partial charge is 0.478 e. The van der Waals surface area contributed by atoms with E-state index in [9.17, 15) is 9.18 Å². The lowest BCUT2D eigenvalue weighted by Gasteiger charge is -2.09. The van der Waals surface area contributed by atoms with Gasteiger partial charge in [0.05, 0.1) is 11.3 Å². The van der Waals surface area contributed by atoms with Crippen molar-refractivity contribution in [3.63, 3.8) is 0 Å². The quantitative estimate of drug-likeness (QED) is 0.873. The van der Waals surface area contributed by atoms with Crippen LogP contribution in [0.3, 0.4) is 0 Å². The van der Waals surface area contributed by atoms with Gasteiger partial charge in [-0.1, -0.05) is 31.2 Å². The van der Waals surface area contributed by atoms with Crippen molar-refractivity contribution < 1.29 is 14.3 Å². The van der Waals surface area contributed by atoms with Gasteiger partial charge in [0.25, 0.3) is 0 Å². The lowest BCUT2D eigenvalue weighted by atomic mass is 10.1. The van der Waals surface area contributed by atoms with Gasteiger partial charge in [0.2, 0.25) is 0 Å². The van der Waals surface area contributed by atoms with Crippen LogP contribution in [-0.4, -0.2) is 11.1 Å². The normalized spacial score (nSPS) is 10.3. The van der Waals surface area contributed by atoms with Crippen LogP contribution in [0, 0.1) is 5.82 Å². The number of aryl methyl sites for hydroxylation is 1. The Hall–Kier alpha value is -2.36. The average Bonchev–Trinajstić information content (AvgIpc) is 2.46. The summed E-state index contributed by atoms with van der Waals surface area (Å²) in [5.41, 5.74) is 2.52. The van der Waals surface area contributed by atoms with Crippen molar-refractivity contribution in [2.24, 2.45) is 0 Å². The Labute approximate surface area is 117 Å². The summed E-state index contributed by atoms with van der Waals surface area (Å²) in [4.78, 5) is 10.9. The molecule has 2 rings (SSSR count). The Morgan fingerprint density at radius 3 is 2.40 bits per heavy atom. The van der Waals surface area contributed by atoms with Crippen LogP contribution in [0.25, 0.3) is 0 Å². The molecule has 4 heteroatoms. The molecule has 2 aromatic carbocycles. The summed E-state index contributed by atoms with van der Waals surface area (Å²) in [6.07, 6.45) is 0.975. The Kier molecular flexibility index (Phi) is 4.35. The first-order chi connectivity index (χ1) is 9.60. The third kappa shape index (κ3) is 3.35. The monoisotopic (exact) mass is 273 g/mol. The molecule has 0 atom stereocenters. The maximum Gasteiger partial charge on any atom is 0.335 e. The fraction of sp³-hybridized carbons (Fsp3) is 0.188. The number of rotatable bonds is 5. The van der Waals surface area contributed by atoms with Crippen molar-refractivity contribution in [3.8, 4) is 0 Å². The lowest BCUT2D eigenvalue weighted by molar-refractivity contribution is 0.0697. The number of carbonyl (C=O) groups is 1. The standard InChI is InChI=1S/C16H16FNO2/c1-2-11-3-5-12(6-4-11)10-18-15-9-13(16(19)20)7-8-14(15)17/h3-9,18H,2,10H2,1H3,(H,19,20). The summed E-state index contributed by atoms with van der Waals surface area (Å²) in [7, 11) is 0. The van der Waals surface area contributed by atoms with E-state index in [1.165, 1.54) is 17.7 Å². The molecular weight excluding hydrogens is 257 g/mol. The zero-order chi connectivity index (χ0) is 14.5.